The van der Waals surface area contributed by atoms with Crippen LogP contribution in [0.5, 0.6) is 0 Å². The summed E-state index contributed by atoms with van der Waals surface area (Å²) >= 11 is 5.71. The fraction of sp³-hybridized carbons (Fsp3) is 0.600. The molecule has 2 rings (SSSR count). The summed E-state index contributed by atoms with van der Waals surface area (Å²) in [6.07, 6.45) is 6.00. The molecule has 0 saturated heterocycles. The molecule has 1 atom stereocenters. The molecule has 1 aliphatic carbocycles. The molecule has 100 valence electrons. The Labute approximate surface area is 114 Å². The minimum Gasteiger partial charge on any atom is -0.316 e. The third kappa shape index (κ3) is 2.86. The Hall–Kier alpha value is -0.600. The van der Waals surface area contributed by atoms with Crippen LogP contribution in [0.2, 0.25) is 5.02 Å². The van der Waals surface area contributed by atoms with E-state index in [4.69, 9.17) is 11.6 Å². The third-order valence-corrected chi connectivity index (χ3v) is 4.67. The molecular weight excluding hydrogens is 249 g/mol. The molecule has 0 amide bonds. The van der Waals surface area contributed by atoms with E-state index in [1.54, 1.807) is 12.1 Å². The van der Waals surface area contributed by atoms with Gasteiger partial charge in [0, 0.05) is 6.04 Å². The van der Waals surface area contributed by atoms with Crippen molar-refractivity contribution in [2.75, 3.05) is 7.05 Å². The molecule has 1 nitrogen and oxygen atoms in total. The van der Waals surface area contributed by atoms with Gasteiger partial charge < -0.3 is 5.32 Å². The predicted molar refractivity (Wildman–Crippen MR) is 74.5 cm³/mol. The molecule has 1 unspecified atom stereocenters. The fourth-order valence-electron chi connectivity index (χ4n) is 3.13. The van der Waals surface area contributed by atoms with Gasteiger partial charge in [0.05, 0.1) is 5.02 Å². The van der Waals surface area contributed by atoms with Crippen molar-refractivity contribution in [2.45, 2.75) is 45.1 Å². The monoisotopic (exact) mass is 269 g/mol. The molecule has 1 aliphatic rings. The van der Waals surface area contributed by atoms with Crippen molar-refractivity contribution in [3.63, 3.8) is 0 Å². The Morgan fingerprint density at radius 3 is 2.61 bits per heavy atom. The first-order chi connectivity index (χ1) is 8.55. The van der Waals surface area contributed by atoms with Crippen molar-refractivity contribution >= 4 is 11.6 Å². The summed E-state index contributed by atoms with van der Waals surface area (Å²) in [5.41, 5.74) is 1.36. The lowest BCUT2D eigenvalue weighted by Crippen LogP contribution is -2.41. The minimum absolute atomic E-state index is 0.201. The topological polar surface area (TPSA) is 12.0 Å². The summed E-state index contributed by atoms with van der Waals surface area (Å²) in [6.45, 7) is 2.34. The van der Waals surface area contributed by atoms with Crippen molar-refractivity contribution < 1.29 is 4.39 Å². The predicted octanol–water partition coefficient (Wildman–Crippen LogP) is 4.19. The van der Waals surface area contributed by atoms with Crippen molar-refractivity contribution in [2.24, 2.45) is 5.41 Å². The first-order valence-electron chi connectivity index (χ1n) is 6.66. The molecule has 1 N–H and O–H groups in total. The molecule has 1 aromatic rings. The van der Waals surface area contributed by atoms with E-state index in [1.165, 1.54) is 25.7 Å². The molecule has 18 heavy (non-hydrogen) atoms. The first-order valence-corrected chi connectivity index (χ1v) is 7.04. The lowest BCUT2D eigenvalue weighted by atomic mass is 9.78. The third-order valence-electron chi connectivity index (χ3n) is 4.36. The maximum atomic E-state index is 13.5. The van der Waals surface area contributed by atoms with Crippen LogP contribution in [0, 0.1) is 11.2 Å². The summed E-state index contributed by atoms with van der Waals surface area (Å²) in [4.78, 5) is 0. The normalized spacial score (nSPS) is 20.0. The van der Waals surface area contributed by atoms with Gasteiger partial charge in [0.15, 0.2) is 0 Å². The van der Waals surface area contributed by atoms with Crippen LogP contribution in [0.25, 0.3) is 0 Å². The number of nitrogens with one attached hydrogen (secondary N) is 1. The average molecular weight is 270 g/mol. The summed E-state index contributed by atoms with van der Waals surface area (Å²) in [5, 5.41) is 3.61. The molecule has 0 aromatic heterocycles. The number of halogens is 2. The molecule has 1 fully saturated rings. The summed E-state index contributed by atoms with van der Waals surface area (Å²) in [5.74, 6) is -0.319. The van der Waals surface area contributed by atoms with E-state index in [0.29, 0.717) is 11.5 Å². The molecule has 0 spiro atoms. The van der Waals surface area contributed by atoms with Gasteiger partial charge in [-0.05, 0) is 49.4 Å². The molecular formula is C15H21ClFN. The van der Waals surface area contributed by atoms with Crippen LogP contribution < -0.4 is 5.32 Å². The highest BCUT2D eigenvalue weighted by Crippen LogP contribution is 2.41. The van der Waals surface area contributed by atoms with Crippen molar-refractivity contribution in [3.05, 3.63) is 34.6 Å². The van der Waals surface area contributed by atoms with Crippen molar-refractivity contribution in [1.82, 2.24) is 5.32 Å². The second kappa shape index (κ2) is 5.58. The van der Waals surface area contributed by atoms with Crippen LogP contribution in [0.3, 0.4) is 0 Å². The Balaban J connectivity index is 2.12. The van der Waals surface area contributed by atoms with E-state index < -0.39 is 0 Å². The molecule has 1 saturated carbocycles. The molecule has 0 bridgehead atoms. The minimum atomic E-state index is -0.319. The highest BCUT2D eigenvalue weighted by Gasteiger charge is 2.35. The fourth-order valence-corrected chi connectivity index (χ4v) is 3.25. The zero-order chi connectivity index (χ0) is 13.2. The molecule has 0 heterocycles. The van der Waals surface area contributed by atoms with Crippen LogP contribution in [-0.4, -0.2) is 13.1 Å². The van der Waals surface area contributed by atoms with Gasteiger partial charge >= 0.3 is 0 Å². The van der Waals surface area contributed by atoms with E-state index in [9.17, 15) is 4.39 Å². The number of rotatable bonds is 4. The Bertz CT molecular complexity index is 413. The van der Waals surface area contributed by atoms with Gasteiger partial charge in [-0.2, -0.15) is 0 Å². The van der Waals surface area contributed by atoms with Gasteiger partial charge in [-0.1, -0.05) is 37.4 Å². The van der Waals surface area contributed by atoms with Gasteiger partial charge in [-0.15, -0.1) is 0 Å². The second-order valence-electron chi connectivity index (χ2n) is 5.65. The highest BCUT2D eigenvalue weighted by molar-refractivity contribution is 6.30. The number of hydrogen-bond acceptors (Lipinski definition) is 1. The molecule has 3 heteroatoms. The van der Waals surface area contributed by atoms with E-state index in [0.717, 1.165) is 12.0 Å². The second-order valence-corrected chi connectivity index (χ2v) is 6.06. The Morgan fingerprint density at radius 1 is 1.39 bits per heavy atom. The van der Waals surface area contributed by atoms with Crippen LogP contribution in [0.15, 0.2) is 18.2 Å². The van der Waals surface area contributed by atoms with Gasteiger partial charge in [0.25, 0.3) is 0 Å². The average Bonchev–Trinajstić information content (AvgIpc) is 2.78. The first kappa shape index (κ1) is 13.8. The van der Waals surface area contributed by atoms with Crippen molar-refractivity contribution in [1.29, 1.82) is 0 Å². The summed E-state index contributed by atoms with van der Waals surface area (Å²) in [6, 6.07) is 5.54. The largest absolute Gasteiger partial charge is 0.316 e. The quantitative estimate of drug-likeness (QED) is 0.864. The standard InChI is InChI=1S/C15H21ClFN/c1-15(7-3-4-8-15)14(18-2)10-11-5-6-12(16)13(17)9-11/h5-6,9,14,18H,3-4,7-8,10H2,1-2H3. The molecule has 0 radical (unpaired) electrons. The number of hydrogen-bond donors (Lipinski definition) is 1. The Morgan fingerprint density at radius 2 is 2.06 bits per heavy atom. The van der Waals surface area contributed by atoms with Crippen LogP contribution in [-0.2, 0) is 6.42 Å². The summed E-state index contributed by atoms with van der Waals surface area (Å²) in [7, 11) is 2.00. The molecule has 1 aromatic carbocycles. The lowest BCUT2D eigenvalue weighted by Gasteiger charge is -2.34. The van der Waals surface area contributed by atoms with Crippen LogP contribution in [0.1, 0.15) is 38.2 Å². The van der Waals surface area contributed by atoms with E-state index in [2.05, 4.69) is 12.2 Å². The zero-order valence-corrected chi connectivity index (χ0v) is 11.9. The van der Waals surface area contributed by atoms with Gasteiger partial charge in [-0.25, -0.2) is 4.39 Å². The Kier molecular flexibility index (Phi) is 4.29. The SMILES string of the molecule is CNC(Cc1ccc(Cl)c(F)c1)C1(C)CCCC1. The van der Waals surface area contributed by atoms with E-state index >= 15 is 0 Å². The maximum absolute atomic E-state index is 13.5. The maximum Gasteiger partial charge on any atom is 0.142 e. The van der Waals surface area contributed by atoms with Gasteiger partial charge in [0.2, 0.25) is 0 Å². The molecule has 0 aliphatic heterocycles. The number of likely N-dealkylation sites (N-methyl/N-ethyl adjacent to an activating group) is 1. The van der Waals surface area contributed by atoms with E-state index in [1.807, 2.05) is 13.1 Å². The highest BCUT2D eigenvalue weighted by atomic mass is 35.5. The van der Waals surface area contributed by atoms with Crippen molar-refractivity contribution in [3.8, 4) is 0 Å². The van der Waals surface area contributed by atoms with Gasteiger partial charge in [-0.3, -0.25) is 0 Å². The smallest absolute Gasteiger partial charge is 0.142 e. The van der Waals surface area contributed by atoms with Crippen LogP contribution >= 0.6 is 11.6 Å². The van der Waals surface area contributed by atoms with Gasteiger partial charge in [0.1, 0.15) is 5.82 Å². The lowest BCUT2D eigenvalue weighted by molar-refractivity contribution is 0.229. The van der Waals surface area contributed by atoms with Crippen LogP contribution in [0.4, 0.5) is 4.39 Å². The van der Waals surface area contributed by atoms with E-state index in [-0.39, 0.29) is 10.8 Å². The zero-order valence-electron chi connectivity index (χ0n) is 11.1. The number of benzene rings is 1. The summed E-state index contributed by atoms with van der Waals surface area (Å²) < 4.78 is 13.5.